The summed E-state index contributed by atoms with van der Waals surface area (Å²) in [5.41, 5.74) is 7.55. The molecule has 0 bridgehead atoms. The Balaban J connectivity index is 1.74. The van der Waals surface area contributed by atoms with E-state index in [1.165, 1.54) is 6.07 Å². The molecule has 2 aromatic carbocycles. The summed E-state index contributed by atoms with van der Waals surface area (Å²) in [5.74, 6) is 0.938. The zero-order valence-electron chi connectivity index (χ0n) is 18.4. The molecule has 2 amide bonds. The molecular weight excluding hydrogens is 397 g/mol. The van der Waals surface area contributed by atoms with Gasteiger partial charge in [-0.15, -0.1) is 0 Å². The Morgan fingerprint density at radius 1 is 1.10 bits per heavy atom. The molecule has 1 fully saturated rings. The number of rotatable bonds is 10. The summed E-state index contributed by atoms with van der Waals surface area (Å²) in [5, 5.41) is 0. The zero-order chi connectivity index (χ0) is 22.2. The second-order valence-corrected chi connectivity index (χ2v) is 7.73. The first-order valence-corrected chi connectivity index (χ1v) is 10.9. The molecule has 3 rings (SSSR count). The standard InChI is InChI=1S/C24H32FN3O3/c1-3-4-5-13-31-23-15-20(9-10-22(23)30-2)28-12-6-11-27(24(28)29)17-19-8-7-18(16-26)14-21(19)25/h7-10,14-15H,3-6,11-13,16-17,26H2,1-2H3. The maximum atomic E-state index is 14.4. The number of benzene rings is 2. The maximum absolute atomic E-state index is 14.4. The number of ether oxygens (including phenoxy) is 2. The molecule has 2 N–H and O–H groups in total. The predicted octanol–water partition coefficient (Wildman–Crippen LogP) is 4.69. The van der Waals surface area contributed by atoms with Crippen molar-refractivity contribution < 1.29 is 18.7 Å². The highest BCUT2D eigenvalue weighted by molar-refractivity contribution is 5.93. The lowest BCUT2D eigenvalue weighted by Gasteiger charge is -2.36. The summed E-state index contributed by atoms with van der Waals surface area (Å²) in [6, 6.07) is 10.3. The fraction of sp³-hybridized carbons (Fsp3) is 0.458. The fourth-order valence-corrected chi connectivity index (χ4v) is 3.70. The highest BCUT2D eigenvalue weighted by atomic mass is 19.1. The first-order chi connectivity index (χ1) is 15.1. The molecule has 31 heavy (non-hydrogen) atoms. The molecule has 2 aromatic rings. The van der Waals surface area contributed by atoms with Crippen molar-refractivity contribution in [1.29, 1.82) is 0 Å². The van der Waals surface area contributed by atoms with E-state index in [-0.39, 0.29) is 24.9 Å². The highest BCUT2D eigenvalue weighted by Crippen LogP contribution is 2.33. The molecule has 0 aliphatic carbocycles. The zero-order valence-corrected chi connectivity index (χ0v) is 18.4. The van der Waals surface area contributed by atoms with Gasteiger partial charge in [-0.25, -0.2) is 9.18 Å². The Bertz CT molecular complexity index is 890. The van der Waals surface area contributed by atoms with Crippen molar-refractivity contribution in [2.75, 3.05) is 31.7 Å². The van der Waals surface area contributed by atoms with Gasteiger partial charge in [0.1, 0.15) is 5.82 Å². The molecule has 0 spiro atoms. The number of carbonyl (C=O) groups is 1. The van der Waals surface area contributed by atoms with Crippen LogP contribution in [0.2, 0.25) is 0 Å². The number of methoxy groups -OCH3 is 1. The maximum Gasteiger partial charge on any atom is 0.324 e. The van der Waals surface area contributed by atoms with Crippen molar-refractivity contribution in [1.82, 2.24) is 4.90 Å². The van der Waals surface area contributed by atoms with E-state index >= 15 is 0 Å². The van der Waals surface area contributed by atoms with Crippen LogP contribution in [0.15, 0.2) is 36.4 Å². The molecule has 7 heteroatoms. The van der Waals surface area contributed by atoms with Gasteiger partial charge >= 0.3 is 6.03 Å². The topological polar surface area (TPSA) is 68.0 Å². The summed E-state index contributed by atoms with van der Waals surface area (Å²) >= 11 is 0. The first kappa shape index (κ1) is 22.9. The van der Waals surface area contributed by atoms with E-state index in [1.807, 2.05) is 18.2 Å². The molecule has 1 aliphatic heterocycles. The number of nitrogens with two attached hydrogens (primary N) is 1. The molecule has 1 saturated heterocycles. The van der Waals surface area contributed by atoms with E-state index in [0.717, 1.165) is 36.9 Å². The average molecular weight is 430 g/mol. The van der Waals surface area contributed by atoms with E-state index in [2.05, 4.69) is 6.92 Å². The van der Waals surface area contributed by atoms with Crippen LogP contribution in [-0.4, -0.2) is 37.7 Å². The van der Waals surface area contributed by atoms with Crippen molar-refractivity contribution in [3.8, 4) is 11.5 Å². The van der Waals surface area contributed by atoms with Crippen LogP contribution in [0.25, 0.3) is 0 Å². The molecule has 0 aromatic heterocycles. The van der Waals surface area contributed by atoms with E-state index in [1.54, 1.807) is 29.0 Å². The van der Waals surface area contributed by atoms with Gasteiger partial charge in [-0.3, -0.25) is 4.90 Å². The van der Waals surface area contributed by atoms with Gasteiger partial charge < -0.3 is 20.1 Å². The van der Waals surface area contributed by atoms with Gasteiger partial charge in [-0.2, -0.15) is 0 Å². The normalized spacial score (nSPS) is 14.1. The Labute approximate surface area is 183 Å². The Kier molecular flexibility index (Phi) is 8.12. The van der Waals surface area contributed by atoms with Crippen molar-refractivity contribution in [3.05, 3.63) is 53.3 Å². The number of anilines is 1. The van der Waals surface area contributed by atoms with E-state index in [0.29, 0.717) is 36.8 Å². The molecular formula is C24H32FN3O3. The van der Waals surface area contributed by atoms with Gasteiger partial charge in [0.15, 0.2) is 11.5 Å². The molecule has 168 valence electrons. The third kappa shape index (κ3) is 5.67. The van der Waals surface area contributed by atoms with Gasteiger partial charge in [-0.05, 0) is 36.6 Å². The van der Waals surface area contributed by atoms with Gasteiger partial charge in [-0.1, -0.05) is 31.9 Å². The monoisotopic (exact) mass is 429 g/mol. The smallest absolute Gasteiger partial charge is 0.324 e. The Hall–Kier alpha value is -2.80. The Morgan fingerprint density at radius 3 is 2.65 bits per heavy atom. The minimum atomic E-state index is -0.333. The van der Waals surface area contributed by atoms with Crippen molar-refractivity contribution in [2.24, 2.45) is 5.73 Å². The number of amides is 2. The largest absolute Gasteiger partial charge is 0.493 e. The number of hydrogen-bond donors (Lipinski definition) is 1. The van der Waals surface area contributed by atoms with Crippen LogP contribution in [0, 0.1) is 5.82 Å². The number of unbranched alkanes of at least 4 members (excludes halogenated alkanes) is 2. The van der Waals surface area contributed by atoms with Gasteiger partial charge in [0.2, 0.25) is 0 Å². The van der Waals surface area contributed by atoms with Crippen LogP contribution >= 0.6 is 0 Å². The van der Waals surface area contributed by atoms with Crippen LogP contribution in [-0.2, 0) is 13.1 Å². The second kappa shape index (κ2) is 11.0. The average Bonchev–Trinajstić information content (AvgIpc) is 2.79. The van der Waals surface area contributed by atoms with Gasteiger partial charge in [0.05, 0.1) is 20.3 Å². The Morgan fingerprint density at radius 2 is 1.94 bits per heavy atom. The summed E-state index contributed by atoms with van der Waals surface area (Å²) < 4.78 is 25.7. The van der Waals surface area contributed by atoms with Crippen LogP contribution in [0.3, 0.4) is 0 Å². The molecule has 1 aliphatic rings. The SMILES string of the molecule is CCCCCOc1cc(N2CCCN(Cc3ccc(CN)cc3F)C2=O)ccc1OC. The first-order valence-electron chi connectivity index (χ1n) is 10.9. The van der Waals surface area contributed by atoms with E-state index in [9.17, 15) is 9.18 Å². The summed E-state index contributed by atoms with van der Waals surface area (Å²) in [4.78, 5) is 16.6. The summed E-state index contributed by atoms with van der Waals surface area (Å²) in [6.45, 7) is 4.45. The van der Waals surface area contributed by atoms with Crippen molar-refractivity contribution in [2.45, 2.75) is 45.7 Å². The molecule has 0 saturated carbocycles. The van der Waals surface area contributed by atoms with Crippen LogP contribution < -0.4 is 20.1 Å². The number of hydrogen-bond acceptors (Lipinski definition) is 4. The summed E-state index contributed by atoms with van der Waals surface area (Å²) in [6.07, 6.45) is 3.99. The lowest BCUT2D eigenvalue weighted by Crippen LogP contribution is -2.49. The molecule has 0 unspecified atom stereocenters. The minimum absolute atomic E-state index is 0.143. The van der Waals surface area contributed by atoms with Crippen molar-refractivity contribution >= 4 is 11.7 Å². The number of urea groups is 1. The summed E-state index contributed by atoms with van der Waals surface area (Å²) in [7, 11) is 1.60. The third-order valence-electron chi connectivity index (χ3n) is 5.49. The van der Waals surface area contributed by atoms with Crippen molar-refractivity contribution in [3.63, 3.8) is 0 Å². The fourth-order valence-electron chi connectivity index (χ4n) is 3.70. The predicted molar refractivity (Wildman–Crippen MR) is 120 cm³/mol. The number of nitrogens with zero attached hydrogens (tertiary/aromatic N) is 2. The van der Waals surface area contributed by atoms with E-state index < -0.39 is 0 Å². The minimum Gasteiger partial charge on any atom is -0.493 e. The van der Waals surface area contributed by atoms with Gasteiger partial charge in [0, 0.05) is 37.0 Å². The number of halogens is 1. The molecule has 1 heterocycles. The lowest BCUT2D eigenvalue weighted by molar-refractivity contribution is 0.191. The lowest BCUT2D eigenvalue weighted by atomic mass is 10.1. The number of carbonyl (C=O) groups excluding carboxylic acids is 1. The molecule has 0 atom stereocenters. The van der Waals surface area contributed by atoms with E-state index in [4.69, 9.17) is 15.2 Å². The second-order valence-electron chi connectivity index (χ2n) is 7.73. The highest BCUT2D eigenvalue weighted by Gasteiger charge is 2.28. The third-order valence-corrected chi connectivity index (χ3v) is 5.49. The quantitative estimate of drug-likeness (QED) is 0.556. The van der Waals surface area contributed by atoms with Gasteiger partial charge in [0.25, 0.3) is 0 Å². The van der Waals surface area contributed by atoms with Crippen LogP contribution in [0.5, 0.6) is 11.5 Å². The van der Waals surface area contributed by atoms with Crippen LogP contribution in [0.1, 0.15) is 43.7 Å². The molecule has 6 nitrogen and oxygen atoms in total. The van der Waals surface area contributed by atoms with Crippen LogP contribution in [0.4, 0.5) is 14.9 Å². The molecule has 0 radical (unpaired) electrons.